The lowest BCUT2D eigenvalue weighted by Crippen LogP contribution is -2.02. The molecule has 0 heterocycles. The van der Waals surface area contributed by atoms with Gasteiger partial charge >= 0.3 is 5.97 Å². The molecule has 0 fully saturated rings. The topological polar surface area (TPSA) is 81.8 Å². The van der Waals surface area contributed by atoms with Gasteiger partial charge in [0, 0.05) is 19.1 Å². The van der Waals surface area contributed by atoms with Gasteiger partial charge in [0.25, 0.3) is 5.69 Å². The van der Waals surface area contributed by atoms with Crippen molar-refractivity contribution in [1.29, 1.82) is 0 Å². The first kappa shape index (κ1) is 16.4. The van der Waals surface area contributed by atoms with E-state index in [-0.39, 0.29) is 5.69 Å². The third kappa shape index (κ3) is 4.23. The van der Waals surface area contributed by atoms with Crippen LogP contribution in [0.1, 0.15) is 25.8 Å². The van der Waals surface area contributed by atoms with E-state index in [0.29, 0.717) is 12.1 Å². The van der Waals surface area contributed by atoms with E-state index in [2.05, 4.69) is 9.99 Å². The van der Waals surface area contributed by atoms with Crippen LogP contribution in [0.15, 0.2) is 53.7 Å². The van der Waals surface area contributed by atoms with E-state index in [0.717, 1.165) is 16.7 Å². The molecule has 6 nitrogen and oxygen atoms in total. The Morgan fingerprint density at radius 3 is 2.04 bits per heavy atom. The van der Waals surface area contributed by atoms with E-state index in [1.54, 1.807) is 12.1 Å². The summed E-state index contributed by atoms with van der Waals surface area (Å²) in [7, 11) is 0. The van der Waals surface area contributed by atoms with Gasteiger partial charge < -0.3 is 4.84 Å². The van der Waals surface area contributed by atoms with Crippen LogP contribution in [0.2, 0.25) is 0 Å². The predicted octanol–water partition coefficient (Wildman–Crippen LogP) is 3.94. The van der Waals surface area contributed by atoms with Gasteiger partial charge in [0.1, 0.15) is 0 Å². The second kappa shape index (κ2) is 7.31. The number of nitrogens with zero attached hydrogens (tertiary/aromatic N) is 2. The van der Waals surface area contributed by atoms with Crippen LogP contribution in [-0.4, -0.2) is 16.6 Å². The van der Waals surface area contributed by atoms with Crippen LogP contribution in [0.4, 0.5) is 5.69 Å². The van der Waals surface area contributed by atoms with Crippen molar-refractivity contribution in [2.75, 3.05) is 0 Å². The smallest absolute Gasteiger partial charge is 0.318 e. The first-order chi connectivity index (χ1) is 11.0. The van der Waals surface area contributed by atoms with Crippen molar-refractivity contribution in [3.05, 3.63) is 64.2 Å². The van der Waals surface area contributed by atoms with Gasteiger partial charge in [-0.25, -0.2) is 4.79 Å². The molecule has 0 radical (unpaired) electrons. The molecule has 0 bridgehead atoms. The molecule has 2 rings (SSSR count). The van der Waals surface area contributed by atoms with Gasteiger partial charge in [0.05, 0.1) is 10.6 Å². The van der Waals surface area contributed by atoms with Gasteiger partial charge in [-0.1, -0.05) is 36.3 Å². The summed E-state index contributed by atoms with van der Waals surface area (Å²) >= 11 is 0. The lowest BCUT2D eigenvalue weighted by Gasteiger charge is -2.06. The predicted molar refractivity (Wildman–Crippen MR) is 87.1 cm³/mol. The molecule has 0 saturated carbocycles. The van der Waals surface area contributed by atoms with Gasteiger partial charge in [0.15, 0.2) is 0 Å². The van der Waals surface area contributed by atoms with Crippen molar-refractivity contribution in [3.63, 3.8) is 0 Å². The van der Waals surface area contributed by atoms with E-state index in [1.807, 2.05) is 31.2 Å². The molecule has 2 aromatic rings. The number of nitro groups is 1. The van der Waals surface area contributed by atoms with Crippen LogP contribution in [-0.2, 0) is 9.63 Å². The highest BCUT2D eigenvalue weighted by molar-refractivity contribution is 6.00. The molecule has 0 N–H and O–H groups in total. The molecule has 0 saturated heterocycles. The van der Waals surface area contributed by atoms with Crippen LogP contribution >= 0.6 is 0 Å². The monoisotopic (exact) mass is 312 g/mol. The minimum Gasteiger partial charge on any atom is -0.318 e. The molecule has 0 aromatic heterocycles. The van der Waals surface area contributed by atoms with Crippen molar-refractivity contribution < 1.29 is 14.6 Å². The SMILES string of the molecule is CC/C(=N\OC(C)=O)c1ccc(-c2ccc([N+](=O)[O-])cc2)cc1. The van der Waals surface area contributed by atoms with Crippen LogP contribution < -0.4 is 0 Å². The zero-order valence-electron chi connectivity index (χ0n) is 12.9. The number of hydrogen-bond donors (Lipinski definition) is 0. The van der Waals surface area contributed by atoms with Gasteiger partial charge in [-0.2, -0.15) is 0 Å². The molecule has 6 heteroatoms. The van der Waals surface area contributed by atoms with Crippen molar-refractivity contribution in [1.82, 2.24) is 0 Å². The second-order valence-electron chi connectivity index (χ2n) is 4.86. The fourth-order valence-electron chi connectivity index (χ4n) is 2.07. The van der Waals surface area contributed by atoms with E-state index in [4.69, 9.17) is 0 Å². The highest BCUT2D eigenvalue weighted by atomic mass is 16.7. The zero-order chi connectivity index (χ0) is 16.8. The summed E-state index contributed by atoms with van der Waals surface area (Å²) < 4.78 is 0. The lowest BCUT2D eigenvalue weighted by atomic mass is 10.0. The minimum absolute atomic E-state index is 0.0622. The summed E-state index contributed by atoms with van der Waals surface area (Å²) in [6.07, 6.45) is 0.629. The summed E-state index contributed by atoms with van der Waals surface area (Å²) in [6, 6.07) is 13.9. The third-order valence-electron chi connectivity index (χ3n) is 3.25. The van der Waals surface area contributed by atoms with Crippen molar-refractivity contribution in [2.45, 2.75) is 20.3 Å². The summed E-state index contributed by atoms with van der Waals surface area (Å²) in [5.74, 6) is -0.460. The Morgan fingerprint density at radius 2 is 1.61 bits per heavy atom. The van der Waals surface area contributed by atoms with E-state index < -0.39 is 10.9 Å². The first-order valence-corrected chi connectivity index (χ1v) is 7.11. The number of non-ortho nitro benzene ring substituents is 1. The molecule has 23 heavy (non-hydrogen) atoms. The molecule has 0 aliphatic heterocycles. The normalized spacial score (nSPS) is 11.1. The van der Waals surface area contributed by atoms with Gasteiger partial charge in [-0.15, -0.1) is 0 Å². The second-order valence-corrected chi connectivity index (χ2v) is 4.86. The maximum Gasteiger partial charge on any atom is 0.331 e. The number of carbonyl (C=O) groups excluding carboxylic acids is 1. The highest BCUT2D eigenvalue weighted by Crippen LogP contribution is 2.23. The molecule has 2 aromatic carbocycles. The Bertz CT molecular complexity index is 734. The Kier molecular flexibility index (Phi) is 5.19. The average molecular weight is 312 g/mol. The fraction of sp³-hybridized carbons (Fsp3) is 0.176. The van der Waals surface area contributed by atoms with Gasteiger partial charge in [-0.3, -0.25) is 10.1 Å². The van der Waals surface area contributed by atoms with Crippen LogP contribution in [0, 0.1) is 10.1 Å². The molecular weight excluding hydrogens is 296 g/mol. The lowest BCUT2D eigenvalue weighted by molar-refractivity contribution is -0.384. The number of oxime groups is 1. The number of hydrogen-bond acceptors (Lipinski definition) is 5. The Balaban J connectivity index is 2.23. The Hall–Kier alpha value is -3.02. The van der Waals surface area contributed by atoms with Crippen LogP contribution in [0.3, 0.4) is 0 Å². The standard InChI is InChI=1S/C17H16N2O4/c1-3-17(18-23-12(2)20)15-6-4-13(5-7-15)14-8-10-16(11-9-14)19(21)22/h4-11H,3H2,1-2H3/b18-17+. The van der Waals surface area contributed by atoms with E-state index in [9.17, 15) is 14.9 Å². The maximum atomic E-state index is 10.8. The van der Waals surface area contributed by atoms with Gasteiger partial charge in [-0.05, 0) is 35.2 Å². The van der Waals surface area contributed by atoms with E-state index >= 15 is 0 Å². The molecular formula is C17H16N2O4. The van der Waals surface area contributed by atoms with Crippen molar-refractivity contribution in [2.24, 2.45) is 5.16 Å². The quantitative estimate of drug-likeness (QED) is 0.362. The van der Waals surface area contributed by atoms with Crippen molar-refractivity contribution >= 4 is 17.4 Å². The average Bonchev–Trinajstić information content (AvgIpc) is 2.56. The largest absolute Gasteiger partial charge is 0.331 e. The molecule has 0 atom stereocenters. The maximum absolute atomic E-state index is 10.8. The first-order valence-electron chi connectivity index (χ1n) is 7.11. The molecule has 0 spiro atoms. The van der Waals surface area contributed by atoms with Crippen LogP contribution in [0.25, 0.3) is 11.1 Å². The number of benzene rings is 2. The van der Waals surface area contributed by atoms with Gasteiger partial charge in [0.2, 0.25) is 0 Å². The number of rotatable bonds is 5. The van der Waals surface area contributed by atoms with E-state index in [1.165, 1.54) is 19.1 Å². The summed E-state index contributed by atoms with van der Waals surface area (Å²) in [5.41, 5.74) is 3.42. The zero-order valence-corrected chi connectivity index (χ0v) is 12.9. The molecule has 0 amide bonds. The highest BCUT2D eigenvalue weighted by Gasteiger charge is 2.07. The summed E-state index contributed by atoms with van der Waals surface area (Å²) in [5, 5.41) is 14.5. The summed E-state index contributed by atoms with van der Waals surface area (Å²) in [4.78, 5) is 25.8. The van der Waals surface area contributed by atoms with Crippen LogP contribution in [0.5, 0.6) is 0 Å². The third-order valence-corrected chi connectivity index (χ3v) is 3.25. The molecule has 118 valence electrons. The Labute approximate surface area is 133 Å². The molecule has 0 unspecified atom stereocenters. The minimum atomic E-state index is -0.460. The number of nitro benzene ring substituents is 1. The summed E-state index contributed by atoms with van der Waals surface area (Å²) in [6.45, 7) is 3.22. The van der Waals surface area contributed by atoms with Crippen molar-refractivity contribution in [3.8, 4) is 11.1 Å². The Morgan fingerprint density at radius 1 is 1.09 bits per heavy atom. The number of carbonyl (C=O) groups is 1. The fourth-order valence-corrected chi connectivity index (χ4v) is 2.07. The molecule has 0 aliphatic carbocycles. The molecule has 0 aliphatic rings.